The van der Waals surface area contributed by atoms with Gasteiger partial charge in [0.1, 0.15) is 0 Å². The van der Waals surface area contributed by atoms with Crippen LogP contribution in [0.15, 0.2) is 176 Å². The van der Waals surface area contributed by atoms with E-state index < -0.39 is 0 Å². The Labute approximate surface area is 310 Å². The van der Waals surface area contributed by atoms with Gasteiger partial charge in [0.05, 0.1) is 22.4 Å². The molecule has 0 aliphatic rings. The lowest BCUT2D eigenvalue weighted by atomic mass is 10.0. The second kappa shape index (κ2) is 13.4. The summed E-state index contributed by atoms with van der Waals surface area (Å²) in [6, 6.07) is 62.5. The summed E-state index contributed by atoms with van der Waals surface area (Å²) in [4.78, 5) is 12.4. The molecule has 0 amide bonds. The molecule has 0 saturated carbocycles. The quantitative estimate of drug-likeness (QED) is 0.168. The molecule has 0 bridgehead atoms. The highest BCUT2D eigenvalue weighted by molar-refractivity contribution is 6.10. The van der Waals surface area contributed by atoms with E-state index in [2.05, 4.69) is 182 Å². The number of fused-ring (bicyclic) bond motifs is 3. The van der Waals surface area contributed by atoms with Crippen molar-refractivity contribution in [3.05, 3.63) is 193 Å². The van der Waals surface area contributed by atoms with Crippen molar-refractivity contribution in [3.8, 4) is 39.6 Å². The van der Waals surface area contributed by atoms with Crippen molar-refractivity contribution in [1.29, 1.82) is 0 Å². The zero-order valence-electron chi connectivity index (χ0n) is 30.0. The van der Waals surface area contributed by atoms with Crippen molar-refractivity contribution < 1.29 is 0 Å². The van der Waals surface area contributed by atoms with E-state index in [1.807, 2.05) is 24.3 Å². The molecule has 0 saturated heterocycles. The molecule has 0 radical (unpaired) electrons. The highest BCUT2D eigenvalue weighted by Crippen LogP contribution is 2.40. The second-order valence-corrected chi connectivity index (χ2v) is 13.8. The Kier molecular flexibility index (Phi) is 8.13. The molecule has 9 aromatic rings. The summed E-state index contributed by atoms with van der Waals surface area (Å²) >= 11 is 0. The molecule has 2 heterocycles. The summed E-state index contributed by atoms with van der Waals surface area (Å²) in [6.07, 6.45) is 0. The average molecular weight is 683 g/mol. The van der Waals surface area contributed by atoms with Gasteiger partial charge in [-0.05, 0) is 93.1 Å². The molecular formula is C49H38N4. The molecule has 0 aliphatic heterocycles. The van der Waals surface area contributed by atoms with Crippen LogP contribution in [0.5, 0.6) is 0 Å². The van der Waals surface area contributed by atoms with Crippen LogP contribution >= 0.6 is 0 Å². The van der Waals surface area contributed by atoms with Gasteiger partial charge in [0, 0.05) is 50.2 Å². The fraction of sp³-hybridized carbons (Fsp3) is 0.0612. The number of hydrogen-bond acceptors (Lipinski definition) is 3. The maximum Gasteiger partial charge on any atom is 0.160 e. The van der Waals surface area contributed by atoms with Crippen LogP contribution < -0.4 is 4.90 Å². The van der Waals surface area contributed by atoms with Crippen LogP contribution in [-0.4, -0.2) is 14.5 Å². The average Bonchev–Trinajstić information content (AvgIpc) is 3.53. The van der Waals surface area contributed by atoms with Gasteiger partial charge in [-0.1, -0.05) is 120 Å². The van der Waals surface area contributed by atoms with Gasteiger partial charge in [-0.2, -0.15) is 0 Å². The number of anilines is 3. The standard InChI is InChI=1S/C49H38N4/c1-33-18-23-39(24-19-33)52(40-25-20-34(2)21-26-40)41-27-29-48-43(31-41)42-16-10-11-17-47(42)53(48)46-28-22-38(30-35(46)3)45-32-44(36-12-6-4-7-13-36)50-49(51-45)37-14-8-5-9-15-37/h4-32H,1-3H3. The summed E-state index contributed by atoms with van der Waals surface area (Å²) in [5.41, 5.74) is 15.4. The summed E-state index contributed by atoms with van der Waals surface area (Å²) < 4.78 is 2.40. The normalized spacial score (nSPS) is 11.3. The first kappa shape index (κ1) is 32.1. The Morgan fingerprint density at radius 2 is 0.962 bits per heavy atom. The van der Waals surface area contributed by atoms with Crippen molar-refractivity contribution in [3.63, 3.8) is 0 Å². The molecule has 0 N–H and O–H groups in total. The van der Waals surface area contributed by atoms with Gasteiger partial charge >= 0.3 is 0 Å². The lowest BCUT2D eigenvalue weighted by Crippen LogP contribution is -2.10. The molecule has 9 rings (SSSR count). The number of aromatic nitrogens is 3. The van der Waals surface area contributed by atoms with Crippen LogP contribution in [0.2, 0.25) is 0 Å². The predicted molar refractivity (Wildman–Crippen MR) is 222 cm³/mol. The Hall–Kier alpha value is -6.78. The van der Waals surface area contributed by atoms with E-state index >= 15 is 0 Å². The molecule has 4 heteroatoms. The van der Waals surface area contributed by atoms with Crippen molar-refractivity contribution >= 4 is 38.9 Å². The summed E-state index contributed by atoms with van der Waals surface area (Å²) in [5.74, 6) is 0.715. The Morgan fingerprint density at radius 1 is 0.415 bits per heavy atom. The van der Waals surface area contributed by atoms with Crippen LogP contribution in [0.25, 0.3) is 61.4 Å². The summed E-state index contributed by atoms with van der Waals surface area (Å²) in [7, 11) is 0. The molecule has 7 aromatic carbocycles. The Balaban J connectivity index is 1.17. The van der Waals surface area contributed by atoms with Gasteiger partial charge in [0.15, 0.2) is 5.82 Å². The zero-order valence-corrected chi connectivity index (χ0v) is 30.0. The van der Waals surface area contributed by atoms with Gasteiger partial charge in [-0.3, -0.25) is 0 Å². The summed E-state index contributed by atoms with van der Waals surface area (Å²) in [5, 5.41) is 2.43. The molecule has 0 unspecified atom stereocenters. The minimum atomic E-state index is 0.715. The second-order valence-electron chi connectivity index (χ2n) is 13.8. The number of rotatable bonds is 7. The van der Waals surface area contributed by atoms with E-state index in [1.165, 1.54) is 32.9 Å². The Morgan fingerprint density at radius 3 is 1.60 bits per heavy atom. The van der Waals surface area contributed by atoms with E-state index in [-0.39, 0.29) is 0 Å². The maximum atomic E-state index is 5.10. The van der Waals surface area contributed by atoms with Crippen LogP contribution in [0.4, 0.5) is 17.1 Å². The third-order valence-corrected chi connectivity index (χ3v) is 10.1. The molecule has 4 nitrogen and oxygen atoms in total. The molecule has 254 valence electrons. The third kappa shape index (κ3) is 6.04. The minimum absolute atomic E-state index is 0.715. The number of hydrogen-bond donors (Lipinski definition) is 0. The van der Waals surface area contributed by atoms with Crippen LogP contribution in [0, 0.1) is 20.8 Å². The molecule has 0 fully saturated rings. The van der Waals surface area contributed by atoms with Crippen LogP contribution in [0.3, 0.4) is 0 Å². The van der Waals surface area contributed by atoms with Gasteiger partial charge in [0.25, 0.3) is 0 Å². The molecule has 0 spiro atoms. The number of nitrogens with zero attached hydrogens (tertiary/aromatic N) is 4. The fourth-order valence-electron chi connectivity index (χ4n) is 7.33. The third-order valence-electron chi connectivity index (χ3n) is 10.1. The van der Waals surface area contributed by atoms with Crippen LogP contribution in [0.1, 0.15) is 16.7 Å². The maximum absolute atomic E-state index is 5.10. The number of aryl methyl sites for hydroxylation is 3. The van der Waals surface area contributed by atoms with E-state index in [4.69, 9.17) is 9.97 Å². The number of para-hydroxylation sites is 1. The SMILES string of the molecule is Cc1ccc(N(c2ccc(C)cc2)c2ccc3c(c2)c2ccccc2n3-c2ccc(-c3cc(-c4ccccc4)nc(-c4ccccc4)n3)cc2C)cc1. The van der Waals surface area contributed by atoms with Crippen molar-refractivity contribution in [2.24, 2.45) is 0 Å². The lowest BCUT2D eigenvalue weighted by Gasteiger charge is -2.26. The van der Waals surface area contributed by atoms with E-state index in [9.17, 15) is 0 Å². The Bertz CT molecular complexity index is 2630. The monoisotopic (exact) mass is 682 g/mol. The fourth-order valence-corrected chi connectivity index (χ4v) is 7.33. The zero-order chi connectivity index (χ0) is 35.9. The van der Waals surface area contributed by atoms with Gasteiger partial charge in [-0.25, -0.2) is 9.97 Å². The highest BCUT2D eigenvalue weighted by Gasteiger charge is 2.19. The van der Waals surface area contributed by atoms with Crippen molar-refractivity contribution in [2.45, 2.75) is 20.8 Å². The van der Waals surface area contributed by atoms with Gasteiger partial charge in [0.2, 0.25) is 0 Å². The number of benzene rings is 7. The molecular weight excluding hydrogens is 645 g/mol. The first-order valence-electron chi connectivity index (χ1n) is 18.1. The lowest BCUT2D eigenvalue weighted by molar-refractivity contribution is 1.14. The smallest absolute Gasteiger partial charge is 0.160 e. The van der Waals surface area contributed by atoms with Crippen molar-refractivity contribution in [2.75, 3.05) is 4.90 Å². The van der Waals surface area contributed by atoms with Gasteiger partial charge < -0.3 is 9.47 Å². The van der Waals surface area contributed by atoms with Crippen LogP contribution in [-0.2, 0) is 0 Å². The molecule has 53 heavy (non-hydrogen) atoms. The predicted octanol–water partition coefficient (Wildman–Crippen LogP) is 13.0. The first-order chi connectivity index (χ1) is 26.0. The van der Waals surface area contributed by atoms with E-state index in [0.29, 0.717) is 5.82 Å². The highest BCUT2D eigenvalue weighted by atomic mass is 15.1. The molecule has 2 aromatic heterocycles. The van der Waals surface area contributed by atoms with Gasteiger partial charge in [-0.15, -0.1) is 0 Å². The van der Waals surface area contributed by atoms with E-state index in [0.717, 1.165) is 56.4 Å². The summed E-state index contributed by atoms with van der Waals surface area (Å²) in [6.45, 7) is 6.46. The topological polar surface area (TPSA) is 34.0 Å². The molecule has 0 atom stereocenters. The van der Waals surface area contributed by atoms with E-state index in [1.54, 1.807) is 0 Å². The van der Waals surface area contributed by atoms with Crippen molar-refractivity contribution in [1.82, 2.24) is 14.5 Å². The minimum Gasteiger partial charge on any atom is -0.310 e. The molecule has 0 aliphatic carbocycles. The first-order valence-corrected chi connectivity index (χ1v) is 18.1. The largest absolute Gasteiger partial charge is 0.310 e.